The van der Waals surface area contributed by atoms with Crippen molar-refractivity contribution in [3.63, 3.8) is 0 Å². The Balaban J connectivity index is 1.30. The molecule has 0 bridgehead atoms. The maximum absolute atomic E-state index is 13.4. The van der Waals surface area contributed by atoms with Gasteiger partial charge in [-0.15, -0.1) is 0 Å². The third-order valence-corrected chi connectivity index (χ3v) is 7.52. The first kappa shape index (κ1) is 23.8. The number of anilines is 1. The number of fused-ring (bicyclic) bond motifs is 1. The van der Waals surface area contributed by atoms with Crippen molar-refractivity contribution in [2.24, 2.45) is 0 Å². The number of benzene rings is 2. The molecule has 5 aromatic rings. The molecule has 0 spiro atoms. The summed E-state index contributed by atoms with van der Waals surface area (Å²) in [5.74, 6) is 0.921. The minimum absolute atomic E-state index is 0.354. The zero-order valence-electron chi connectivity index (χ0n) is 20.9. The van der Waals surface area contributed by atoms with Crippen molar-refractivity contribution in [2.45, 2.75) is 25.7 Å². The standard InChI is InChI=1S/C30H23N5O2S/c1-17-13-22(23-14-18(15-31)3-12-27(23)37-2)24(16-32-17)28(36)35-30-34-26-11-10-25(33-29(26)38-30)21-8-6-20(7-9-21)19-4-5-19/h3,6-14,16,19H,4-5H2,1-2H3,(H,34,35,36). The smallest absolute Gasteiger partial charge is 0.259 e. The molecule has 1 saturated carbocycles. The van der Waals surface area contributed by atoms with Crippen LogP contribution in [0.1, 0.15) is 45.9 Å². The molecule has 6 rings (SSSR count). The summed E-state index contributed by atoms with van der Waals surface area (Å²) in [7, 11) is 1.56. The SMILES string of the molecule is COc1ccc(C#N)cc1-c1cc(C)ncc1C(=O)Nc1nc2ccc(-c3ccc(C4CC4)cc3)nc2s1. The summed E-state index contributed by atoms with van der Waals surface area (Å²) in [6, 6.07) is 21.6. The zero-order chi connectivity index (χ0) is 26.2. The topological polar surface area (TPSA) is 101 Å². The number of hydrogen-bond acceptors (Lipinski definition) is 7. The first-order chi connectivity index (χ1) is 18.5. The summed E-state index contributed by atoms with van der Waals surface area (Å²) >= 11 is 1.32. The Morgan fingerprint density at radius 3 is 2.61 bits per heavy atom. The van der Waals surface area contributed by atoms with Crippen LogP contribution in [0, 0.1) is 18.3 Å². The van der Waals surface area contributed by atoms with Gasteiger partial charge in [0.05, 0.1) is 30.0 Å². The molecule has 0 saturated heterocycles. The predicted molar refractivity (Wildman–Crippen MR) is 148 cm³/mol. The van der Waals surface area contributed by atoms with Crippen LogP contribution in [0.15, 0.2) is 66.9 Å². The van der Waals surface area contributed by atoms with Gasteiger partial charge in [0, 0.05) is 28.6 Å². The van der Waals surface area contributed by atoms with E-state index in [0.29, 0.717) is 44.6 Å². The van der Waals surface area contributed by atoms with Gasteiger partial charge in [-0.2, -0.15) is 5.26 Å². The van der Waals surface area contributed by atoms with E-state index in [1.807, 2.05) is 25.1 Å². The van der Waals surface area contributed by atoms with Gasteiger partial charge in [0.1, 0.15) is 16.1 Å². The van der Waals surface area contributed by atoms with Gasteiger partial charge >= 0.3 is 0 Å². The number of pyridine rings is 2. The second kappa shape index (κ2) is 9.69. The lowest BCUT2D eigenvalue weighted by molar-refractivity contribution is 0.102. The minimum atomic E-state index is -0.355. The van der Waals surface area contributed by atoms with Crippen LogP contribution in [-0.4, -0.2) is 28.0 Å². The molecule has 0 radical (unpaired) electrons. The molecule has 8 heteroatoms. The van der Waals surface area contributed by atoms with Crippen LogP contribution in [0.3, 0.4) is 0 Å². The van der Waals surface area contributed by atoms with E-state index in [2.05, 4.69) is 45.6 Å². The number of carbonyl (C=O) groups excluding carboxylic acids is 1. The van der Waals surface area contributed by atoms with E-state index >= 15 is 0 Å². The largest absolute Gasteiger partial charge is 0.496 e. The van der Waals surface area contributed by atoms with Crippen molar-refractivity contribution < 1.29 is 9.53 Å². The highest BCUT2D eigenvalue weighted by Crippen LogP contribution is 2.40. The molecule has 1 aliphatic carbocycles. The van der Waals surface area contributed by atoms with Crippen molar-refractivity contribution in [1.82, 2.24) is 15.0 Å². The molecule has 2 aromatic carbocycles. The molecule has 3 aromatic heterocycles. The molecule has 186 valence electrons. The van der Waals surface area contributed by atoms with Gasteiger partial charge in [-0.05, 0) is 67.6 Å². The van der Waals surface area contributed by atoms with Crippen LogP contribution in [0.5, 0.6) is 5.75 Å². The van der Waals surface area contributed by atoms with E-state index in [1.165, 1.54) is 35.9 Å². The molecule has 7 nitrogen and oxygen atoms in total. The summed E-state index contributed by atoms with van der Waals surface area (Å²) in [5, 5.41) is 12.8. The van der Waals surface area contributed by atoms with Crippen LogP contribution < -0.4 is 10.1 Å². The predicted octanol–water partition coefficient (Wildman–Crippen LogP) is 6.74. The second-order valence-electron chi connectivity index (χ2n) is 9.29. The third-order valence-electron chi connectivity index (χ3n) is 6.64. The Hall–Kier alpha value is -4.61. The quantitative estimate of drug-likeness (QED) is 0.268. The summed E-state index contributed by atoms with van der Waals surface area (Å²) in [6.07, 6.45) is 4.09. The number of nitrogens with one attached hydrogen (secondary N) is 1. The Bertz CT molecular complexity index is 1730. The molecule has 1 amide bonds. The first-order valence-electron chi connectivity index (χ1n) is 12.3. The normalized spacial score (nSPS) is 12.8. The van der Waals surface area contributed by atoms with Gasteiger partial charge in [-0.1, -0.05) is 35.6 Å². The van der Waals surface area contributed by atoms with E-state index in [0.717, 1.165) is 21.8 Å². The van der Waals surface area contributed by atoms with Crippen LogP contribution >= 0.6 is 11.3 Å². The van der Waals surface area contributed by atoms with E-state index < -0.39 is 0 Å². The number of aromatic nitrogens is 3. The summed E-state index contributed by atoms with van der Waals surface area (Å²) in [6.45, 7) is 1.85. The molecule has 38 heavy (non-hydrogen) atoms. The number of thiazole rings is 1. The highest BCUT2D eigenvalue weighted by molar-refractivity contribution is 7.22. The number of amides is 1. The third kappa shape index (κ3) is 4.60. The fraction of sp³-hybridized carbons (Fsp3) is 0.167. The first-order valence-corrected chi connectivity index (χ1v) is 13.1. The fourth-order valence-electron chi connectivity index (χ4n) is 4.49. The minimum Gasteiger partial charge on any atom is -0.496 e. The van der Waals surface area contributed by atoms with Crippen LogP contribution in [0.2, 0.25) is 0 Å². The van der Waals surface area contributed by atoms with Gasteiger partial charge in [0.15, 0.2) is 5.13 Å². The van der Waals surface area contributed by atoms with Crippen molar-refractivity contribution in [1.29, 1.82) is 5.26 Å². The molecule has 0 aliphatic heterocycles. The molecule has 0 atom stereocenters. The molecular weight excluding hydrogens is 494 g/mol. The van der Waals surface area contributed by atoms with Gasteiger partial charge in [-0.3, -0.25) is 15.1 Å². The maximum Gasteiger partial charge on any atom is 0.259 e. The van der Waals surface area contributed by atoms with Crippen LogP contribution in [0.25, 0.3) is 32.7 Å². The average Bonchev–Trinajstić information content (AvgIpc) is 3.72. The van der Waals surface area contributed by atoms with Gasteiger partial charge in [0.25, 0.3) is 5.91 Å². The number of ether oxygens (including phenoxy) is 1. The van der Waals surface area contributed by atoms with Crippen molar-refractivity contribution in [3.8, 4) is 34.2 Å². The Labute approximate surface area is 223 Å². The molecule has 3 heterocycles. The number of carbonyl (C=O) groups is 1. The number of nitrogens with zero attached hydrogens (tertiary/aromatic N) is 4. The lowest BCUT2D eigenvalue weighted by Crippen LogP contribution is -2.14. The maximum atomic E-state index is 13.4. The van der Waals surface area contributed by atoms with Crippen LogP contribution in [0.4, 0.5) is 5.13 Å². The van der Waals surface area contributed by atoms with Crippen molar-refractivity contribution >= 4 is 32.7 Å². The van der Waals surface area contributed by atoms with Gasteiger partial charge in [-0.25, -0.2) is 9.97 Å². The summed E-state index contributed by atoms with van der Waals surface area (Å²) in [5.41, 5.74) is 6.86. The highest BCUT2D eigenvalue weighted by Gasteiger charge is 2.23. The molecule has 1 aliphatic rings. The number of aryl methyl sites for hydroxylation is 1. The number of hydrogen-bond donors (Lipinski definition) is 1. The zero-order valence-corrected chi connectivity index (χ0v) is 21.7. The van der Waals surface area contributed by atoms with E-state index in [4.69, 9.17) is 9.72 Å². The van der Waals surface area contributed by atoms with Gasteiger partial charge < -0.3 is 4.74 Å². The number of nitriles is 1. The van der Waals surface area contributed by atoms with Crippen LogP contribution in [-0.2, 0) is 0 Å². The van der Waals surface area contributed by atoms with Crippen molar-refractivity contribution in [2.75, 3.05) is 12.4 Å². The Kier molecular flexibility index (Phi) is 6.06. The lowest BCUT2D eigenvalue weighted by Gasteiger charge is -2.13. The van der Waals surface area contributed by atoms with Gasteiger partial charge in [0.2, 0.25) is 0 Å². The second-order valence-corrected chi connectivity index (χ2v) is 10.3. The Morgan fingerprint density at radius 2 is 1.87 bits per heavy atom. The highest BCUT2D eigenvalue weighted by atomic mass is 32.1. The van der Waals surface area contributed by atoms with E-state index in [9.17, 15) is 10.1 Å². The number of rotatable bonds is 6. The molecular formula is C30H23N5O2S. The molecule has 1 N–H and O–H groups in total. The summed E-state index contributed by atoms with van der Waals surface area (Å²) < 4.78 is 5.52. The summed E-state index contributed by atoms with van der Waals surface area (Å²) in [4.78, 5) is 27.9. The average molecular weight is 518 g/mol. The van der Waals surface area contributed by atoms with Crippen molar-refractivity contribution in [3.05, 3.63) is 89.2 Å². The molecule has 0 unspecified atom stereocenters. The lowest BCUT2D eigenvalue weighted by atomic mass is 9.97. The Morgan fingerprint density at radius 1 is 1.05 bits per heavy atom. The van der Waals surface area contributed by atoms with E-state index in [-0.39, 0.29) is 5.91 Å². The monoisotopic (exact) mass is 517 g/mol. The van der Waals surface area contributed by atoms with E-state index in [1.54, 1.807) is 25.3 Å². The fourth-order valence-corrected chi connectivity index (χ4v) is 5.32. The number of methoxy groups -OCH3 is 1. The molecule has 1 fully saturated rings.